The zero-order valence-electron chi connectivity index (χ0n) is 9.02. The predicted octanol–water partition coefficient (Wildman–Crippen LogP) is 1.86. The minimum absolute atomic E-state index is 0.238. The maximum Gasteiger partial charge on any atom is 0.338 e. The number of carboxylic acids is 1. The Balaban J connectivity index is 3.63. The molecule has 1 N–H and O–H groups in total. The molecule has 96 valence electrons. The van der Waals surface area contributed by atoms with Crippen molar-refractivity contribution in [2.24, 2.45) is 0 Å². The Bertz CT molecular complexity index is 651. The lowest BCUT2D eigenvalue weighted by atomic mass is 10.2. The van der Waals surface area contributed by atoms with Gasteiger partial charge in [-0.05, 0) is 19.1 Å². The second-order valence-electron chi connectivity index (χ2n) is 3.39. The van der Waals surface area contributed by atoms with Gasteiger partial charge in [0.05, 0.1) is 11.6 Å². The topological polar surface area (TPSA) is 95.2 Å². The van der Waals surface area contributed by atoms with Crippen LogP contribution in [0.15, 0.2) is 17.0 Å². The molecule has 0 fully saturated rings. The number of benzene rings is 1. The average molecular weight is 292 g/mol. The van der Waals surface area contributed by atoms with Crippen molar-refractivity contribution in [1.82, 2.24) is 0 Å². The van der Waals surface area contributed by atoms with E-state index in [0.717, 1.165) is 19.1 Å². The van der Waals surface area contributed by atoms with Crippen molar-refractivity contribution >= 4 is 27.4 Å². The van der Waals surface area contributed by atoms with Crippen LogP contribution in [0.2, 0.25) is 5.02 Å². The van der Waals surface area contributed by atoms with E-state index < -0.39 is 37.3 Å². The highest BCUT2D eigenvalue weighted by Crippen LogP contribution is 2.26. The van der Waals surface area contributed by atoms with Crippen LogP contribution >= 0.6 is 11.6 Å². The maximum atomic E-state index is 13.8. The highest BCUT2D eigenvalue weighted by atomic mass is 35.5. The summed E-state index contributed by atoms with van der Waals surface area (Å²) in [4.78, 5) is 9.85. The van der Waals surface area contributed by atoms with Crippen LogP contribution in [0.5, 0.6) is 0 Å². The van der Waals surface area contributed by atoms with E-state index in [4.69, 9.17) is 22.0 Å². The zero-order chi connectivity index (χ0) is 14.1. The van der Waals surface area contributed by atoms with E-state index in [-0.39, 0.29) is 5.02 Å². The van der Waals surface area contributed by atoms with Gasteiger partial charge in [-0.15, -0.1) is 0 Å². The van der Waals surface area contributed by atoms with Crippen molar-refractivity contribution in [1.29, 1.82) is 5.26 Å². The summed E-state index contributed by atoms with van der Waals surface area (Å²) in [6.07, 6.45) is 0. The fourth-order valence-corrected chi connectivity index (χ4v) is 2.64. The number of nitrogens with zero attached hydrogens (tertiary/aromatic N) is 1. The molecule has 0 aliphatic carbocycles. The lowest BCUT2D eigenvalue weighted by molar-refractivity contribution is 0.0691. The van der Waals surface area contributed by atoms with E-state index in [2.05, 4.69) is 0 Å². The molecule has 1 unspecified atom stereocenters. The Kier molecular flexibility index (Phi) is 3.94. The Morgan fingerprint density at radius 3 is 2.56 bits per heavy atom. The van der Waals surface area contributed by atoms with E-state index in [1.807, 2.05) is 0 Å². The molecule has 0 bridgehead atoms. The number of hydrogen-bond donors (Lipinski definition) is 1. The Hall–Kier alpha value is -1.65. The van der Waals surface area contributed by atoms with Crippen LogP contribution in [0.4, 0.5) is 4.39 Å². The van der Waals surface area contributed by atoms with Gasteiger partial charge in [0.25, 0.3) is 0 Å². The lowest BCUT2D eigenvalue weighted by Crippen LogP contribution is -2.18. The van der Waals surface area contributed by atoms with Crippen LogP contribution in [0.3, 0.4) is 0 Å². The number of aromatic carboxylic acids is 1. The van der Waals surface area contributed by atoms with Crippen molar-refractivity contribution in [3.05, 3.63) is 28.5 Å². The molecule has 0 aliphatic rings. The van der Waals surface area contributed by atoms with Crippen LogP contribution in [0.1, 0.15) is 17.3 Å². The van der Waals surface area contributed by atoms with Crippen molar-refractivity contribution in [3.8, 4) is 6.07 Å². The molecule has 0 spiro atoms. The van der Waals surface area contributed by atoms with E-state index in [1.54, 1.807) is 0 Å². The largest absolute Gasteiger partial charge is 0.478 e. The summed E-state index contributed by atoms with van der Waals surface area (Å²) >= 11 is 5.54. The van der Waals surface area contributed by atoms with Gasteiger partial charge < -0.3 is 5.11 Å². The first-order chi connectivity index (χ1) is 8.21. The minimum atomic E-state index is -4.28. The summed E-state index contributed by atoms with van der Waals surface area (Å²) in [6, 6.07) is 3.04. The van der Waals surface area contributed by atoms with Gasteiger partial charge in [0.1, 0.15) is 10.1 Å². The summed E-state index contributed by atoms with van der Waals surface area (Å²) in [5.41, 5.74) is -0.855. The monoisotopic (exact) mass is 291 g/mol. The summed E-state index contributed by atoms with van der Waals surface area (Å²) in [6.45, 7) is 1.07. The third kappa shape index (κ3) is 2.44. The number of rotatable bonds is 3. The highest BCUT2D eigenvalue weighted by Gasteiger charge is 2.29. The minimum Gasteiger partial charge on any atom is -0.478 e. The first kappa shape index (κ1) is 14.4. The van der Waals surface area contributed by atoms with Gasteiger partial charge in [-0.25, -0.2) is 17.6 Å². The van der Waals surface area contributed by atoms with E-state index >= 15 is 0 Å². The van der Waals surface area contributed by atoms with E-state index in [0.29, 0.717) is 0 Å². The Morgan fingerprint density at radius 1 is 1.56 bits per heavy atom. The fraction of sp³-hybridized carbons (Fsp3) is 0.200. The number of nitriles is 1. The first-order valence-electron chi connectivity index (χ1n) is 4.57. The van der Waals surface area contributed by atoms with Crippen LogP contribution in [-0.2, 0) is 9.84 Å². The van der Waals surface area contributed by atoms with Crippen LogP contribution in [0.25, 0.3) is 0 Å². The van der Waals surface area contributed by atoms with Gasteiger partial charge >= 0.3 is 5.97 Å². The fourth-order valence-electron chi connectivity index (χ4n) is 1.19. The molecular weight excluding hydrogens is 285 g/mol. The highest BCUT2D eigenvalue weighted by molar-refractivity contribution is 7.92. The maximum absolute atomic E-state index is 13.8. The lowest BCUT2D eigenvalue weighted by Gasteiger charge is -2.09. The molecule has 0 heterocycles. The van der Waals surface area contributed by atoms with Crippen molar-refractivity contribution in [2.45, 2.75) is 17.1 Å². The van der Waals surface area contributed by atoms with Crippen molar-refractivity contribution in [2.75, 3.05) is 0 Å². The second kappa shape index (κ2) is 4.92. The smallest absolute Gasteiger partial charge is 0.338 e. The molecule has 5 nitrogen and oxygen atoms in total. The van der Waals surface area contributed by atoms with Gasteiger partial charge in [0.15, 0.2) is 15.7 Å². The molecular formula is C10H7ClFNO4S. The molecule has 8 heteroatoms. The van der Waals surface area contributed by atoms with Crippen LogP contribution in [-0.4, -0.2) is 24.7 Å². The molecule has 1 aromatic carbocycles. The average Bonchev–Trinajstić information content (AvgIpc) is 2.29. The van der Waals surface area contributed by atoms with E-state index in [1.165, 1.54) is 6.07 Å². The third-order valence-electron chi connectivity index (χ3n) is 2.19. The summed E-state index contributed by atoms with van der Waals surface area (Å²) < 4.78 is 37.4. The molecule has 0 radical (unpaired) electrons. The zero-order valence-corrected chi connectivity index (χ0v) is 10.6. The quantitative estimate of drug-likeness (QED) is 0.917. The Morgan fingerprint density at radius 2 is 2.11 bits per heavy atom. The standard InChI is InChI=1S/C10H7ClFNO4S/c1-5(4-13)18(16,17)8-3-6(11)2-7(9(8)12)10(14)15/h2-3,5H,1H3,(H,14,15). The van der Waals surface area contributed by atoms with Crippen LogP contribution in [0, 0.1) is 17.1 Å². The van der Waals surface area contributed by atoms with Crippen molar-refractivity contribution in [3.63, 3.8) is 0 Å². The summed E-state index contributed by atoms with van der Waals surface area (Å²) in [5, 5.41) is 15.5. The molecule has 18 heavy (non-hydrogen) atoms. The molecule has 0 aromatic heterocycles. The summed E-state index contributed by atoms with van der Waals surface area (Å²) in [5.74, 6) is -3.06. The van der Waals surface area contributed by atoms with Gasteiger partial charge in [-0.2, -0.15) is 5.26 Å². The number of carboxylic acid groups (broad SMARTS) is 1. The molecule has 1 rings (SSSR count). The van der Waals surface area contributed by atoms with Gasteiger partial charge in [-0.1, -0.05) is 11.6 Å². The number of sulfone groups is 1. The second-order valence-corrected chi connectivity index (χ2v) is 6.06. The predicted molar refractivity (Wildman–Crippen MR) is 60.6 cm³/mol. The van der Waals surface area contributed by atoms with E-state index in [9.17, 15) is 17.6 Å². The van der Waals surface area contributed by atoms with Crippen LogP contribution < -0.4 is 0 Å². The molecule has 0 aliphatic heterocycles. The number of carbonyl (C=O) groups is 1. The third-order valence-corrected chi connectivity index (χ3v) is 4.35. The normalized spacial score (nSPS) is 12.8. The van der Waals surface area contributed by atoms with Gasteiger partial charge in [0.2, 0.25) is 0 Å². The van der Waals surface area contributed by atoms with Crippen molar-refractivity contribution < 1.29 is 22.7 Å². The first-order valence-corrected chi connectivity index (χ1v) is 6.50. The summed E-state index contributed by atoms with van der Waals surface area (Å²) in [7, 11) is -4.28. The molecule has 0 amide bonds. The number of hydrogen-bond acceptors (Lipinski definition) is 4. The van der Waals surface area contributed by atoms with Gasteiger partial charge in [-0.3, -0.25) is 0 Å². The SMILES string of the molecule is CC(C#N)S(=O)(=O)c1cc(Cl)cc(C(=O)O)c1F. The molecule has 0 saturated carbocycles. The molecule has 0 saturated heterocycles. The molecule has 1 aromatic rings. The molecule has 1 atom stereocenters. The van der Waals surface area contributed by atoms with Gasteiger partial charge in [0, 0.05) is 5.02 Å². The Labute approximate surface area is 107 Å². The number of halogens is 2.